The molecule has 6 nitrogen and oxygen atoms in total. The van der Waals surface area contributed by atoms with E-state index in [2.05, 4.69) is 22.9 Å². The number of carbonyl (C=O) groups is 2. The molecule has 1 amide bonds. The molecule has 2 aliphatic rings. The summed E-state index contributed by atoms with van der Waals surface area (Å²) >= 11 is 0. The van der Waals surface area contributed by atoms with Gasteiger partial charge in [-0.25, -0.2) is 0 Å². The second kappa shape index (κ2) is 10.4. The van der Waals surface area contributed by atoms with Crippen LogP contribution in [0.1, 0.15) is 49.5 Å². The molecular formula is C28H34N2O4. The zero-order valence-electron chi connectivity index (χ0n) is 20.1. The lowest BCUT2D eigenvalue weighted by molar-refractivity contribution is -0.131. The first-order valence-electron chi connectivity index (χ1n) is 12.0. The summed E-state index contributed by atoms with van der Waals surface area (Å²) in [6.07, 6.45) is 10.8. The molecule has 0 bridgehead atoms. The van der Waals surface area contributed by atoms with Crippen molar-refractivity contribution < 1.29 is 18.7 Å². The van der Waals surface area contributed by atoms with Crippen molar-refractivity contribution in [1.82, 2.24) is 10.2 Å². The second-order valence-corrected chi connectivity index (χ2v) is 9.53. The number of ether oxygens (including phenoxy) is 1. The highest BCUT2D eigenvalue weighted by Gasteiger charge is 2.48. The van der Waals surface area contributed by atoms with E-state index in [1.54, 1.807) is 18.4 Å². The minimum atomic E-state index is -0.319. The zero-order chi connectivity index (χ0) is 24.1. The molecule has 1 saturated heterocycles. The van der Waals surface area contributed by atoms with Gasteiger partial charge in [0.15, 0.2) is 0 Å². The molecule has 1 N–H and O–H groups in total. The molecule has 0 spiro atoms. The normalized spacial score (nSPS) is 25.0. The number of hydrogen-bond donors (Lipinski definition) is 1. The summed E-state index contributed by atoms with van der Waals surface area (Å²) in [5.74, 6) is 1.43. The fraction of sp³-hybridized carbons (Fsp3) is 0.429. The zero-order valence-corrected chi connectivity index (χ0v) is 20.1. The summed E-state index contributed by atoms with van der Waals surface area (Å²) in [4.78, 5) is 26.7. The highest BCUT2D eigenvalue weighted by Crippen LogP contribution is 2.49. The smallest absolute Gasteiger partial charge is 0.308 e. The van der Waals surface area contributed by atoms with Gasteiger partial charge in [0.1, 0.15) is 11.5 Å². The molecule has 3 atom stereocenters. The average molecular weight is 463 g/mol. The van der Waals surface area contributed by atoms with Gasteiger partial charge in [-0.3, -0.25) is 14.5 Å². The number of likely N-dealkylation sites (tertiary alicyclic amines) is 1. The van der Waals surface area contributed by atoms with Gasteiger partial charge in [-0.2, -0.15) is 0 Å². The molecule has 2 aromatic rings. The minimum absolute atomic E-state index is 0.0745. The van der Waals surface area contributed by atoms with Crippen LogP contribution in [-0.2, 0) is 15.0 Å². The Morgan fingerprint density at radius 2 is 2.18 bits per heavy atom. The van der Waals surface area contributed by atoms with Gasteiger partial charge in [0.2, 0.25) is 5.91 Å². The first kappa shape index (κ1) is 24.0. The molecule has 1 aliphatic carbocycles. The number of fused-ring (bicyclic) bond motifs is 1. The fourth-order valence-electron chi connectivity index (χ4n) is 5.71. The predicted octanol–water partition coefficient (Wildman–Crippen LogP) is 4.64. The van der Waals surface area contributed by atoms with Gasteiger partial charge in [0, 0.05) is 43.1 Å². The molecule has 6 heteroatoms. The molecule has 1 aromatic carbocycles. The largest absolute Gasteiger partial charge is 0.469 e. The van der Waals surface area contributed by atoms with E-state index in [1.165, 1.54) is 12.5 Å². The predicted molar refractivity (Wildman–Crippen MR) is 132 cm³/mol. The van der Waals surface area contributed by atoms with Crippen molar-refractivity contribution in [2.45, 2.75) is 51.0 Å². The van der Waals surface area contributed by atoms with E-state index in [-0.39, 0.29) is 23.3 Å². The monoisotopic (exact) mass is 462 g/mol. The SMILES string of the molecule is C=CCN1CC[C@@]2(c3cccc(OC(C)=O)c3)C[C@H](NC(=O)C=Cc3ccoc3C)CC[C@@H]2C1. The van der Waals surface area contributed by atoms with Crippen molar-refractivity contribution in [2.24, 2.45) is 5.92 Å². The number of hydrogen-bond acceptors (Lipinski definition) is 5. The molecule has 1 aromatic heterocycles. The van der Waals surface area contributed by atoms with Gasteiger partial charge in [-0.15, -0.1) is 6.58 Å². The Labute approximate surface area is 201 Å². The molecular weight excluding hydrogens is 428 g/mol. The van der Waals surface area contributed by atoms with Crippen molar-refractivity contribution in [2.75, 3.05) is 19.6 Å². The summed E-state index contributed by atoms with van der Waals surface area (Å²) in [6.45, 7) is 10.1. The Bertz CT molecular complexity index is 1070. The van der Waals surface area contributed by atoms with E-state index < -0.39 is 0 Å². The lowest BCUT2D eigenvalue weighted by atomic mass is 9.58. The maximum Gasteiger partial charge on any atom is 0.308 e. The Balaban J connectivity index is 1.55. The third-order valence-electron chi connectivity index (χ3n) is 7.33. The standard InChI is InChI=1S/C28H34N2O4/c1-4-14-30-15-13-28(23-6-5-7-26(17-23)34-21(3)31)18-25(10-9-24(28)19-30)29-27(32)11-8-22-12-16-33-20(22)2/h4-8,11-12,16-17,24-25H,1,9-10,13-15,18-19H2,2-3H3,(H,29,32)/t24-,25-,28+/m1/s1. The molecule has 34 heavy (non-hydrogen) atoms. The van der Waals surface area contributed by atoms with Gasteiger partial charge in [0.05, 0.1) is 6.26 Å². The van der Waals surface area contributed by atoms with Crippen LogP contribution in [0, 0.1) is 12.8 Å². The van der Waals surface area contributed by atoms with E-state index in [9.17, 15) is 9.59 Å². The summed E-state index contributed by atoms with van der Waals surface area (Å²) < 4.78 is 10.7. The summed E-state index contributed by atoms with van der Waals surface area (Å²) in [7, 11) is 0. The van der Waals surface area contributed by atoms with Gasteiger partial charge in [-0.05, 0) is 74.9 Å². The van der Waals surface area contributed by atoms with E-state index in [4.69, 9.17) is 9.15 Å². The quantitative estimate of drug-likeness (QED) is 0.281. The summed E-state index contributed by atoms with van der Waals surface area (Å²) in [5.41, 5.74) is 2.03. The number of furan rings is 1. The van der Waals surface area contributed by atoms with Crippen LogP contribution in [0.3, 0.4) is 0 Å². The topological polar surface area (TPSA) is 71.8 Å². The Morgan fingerprint density at radius 3 is 2.91 bits per heavy atom. The molecule has 0 unspecified atom stereocenters. The van der Waals surface area contributed by atoms with E-state index in [0.29, 0.717) is 11.7 Å². The van der Waals surface area contributed by atoms with Crippen LogP contribution in [0.4, 0.5) is 0 Å². The van der Waals surface area contributed by atoms with Gasteiger partial charge < -0.3 is 14.5 Å². The lowest BCUT2D eigenvalue weighted by Crippen LogP contribution is -2.56. The van der Waals surface area contributed by atoms with Crippen molar-refractivity contribution in [3.63, 3.8) is 0 Å². The van der Waals surface area contributed by atoms with Crippen molar-refractivity contribution in [3.05, 3.63) is 72.2 Å². The van der Waals surface area contributed by atoms with E-state index in [0.717, 1.165) is 56.6 Å². The highest BCUT2D eigenvalue weighted by molar-refractivity contribution is 5.92. The molecule has 4 rings (SSSR count). The number of rotatable bonds is 7. The second-order valence-electron chi connectivity index (χ2n) is 9.53. The molecule has 2 heterocycles. The Morgan fingerprint density at radius 1 is 1.32 bits per heavy atom. The molecule has 1 aliphatic heterocycles. The third-order valence-corrected chi connectivity index (χ3v) is 7.33. The number of amides is 1. The molecule has 180 valence electrons. The van der Waals surface area contributed by atoms with Crippen molar-refractivity contribution in [3.8, 4) is 5.75 Å². The van der Waals surface area contributed by atoms with Crippen LogP contribution in [0.2, 0.25) is 0 Å². The Kier molecular flexibility index (Phi) is 7.37. The maximum absolute atomic E-state index is 12.7. The minimum Gasteiger partial charge on any atom is -0.469 e. The molecule has 2 fully saturated rings. The van der Waals surface area contributed by atoms with Gasteiger partial charge in [-0.1, -0.05) is 18.2 Å². The van der Waals surface area contributed by atoms with E-state index >= 15 is 0 Å². The average Bonchev–Trinajstić information content (AvgIpc) is 3.22. The van der Waals surface area contributed by atoms with Crippen LogP contribution in [0.5, 0.6) is 5.75 Å². The summed E-state index contributed by atoms with van der Waals surface area (Å²) in [5, 5.41) is 3.24. The number of piperidine rings is 1. The van der Waals surface area contributed by atoms with Crippen LogP contribution < -0.4 is 10.1 Å². The third kappa shape index (κ3) is 5.33. The van der Waals surface area contributed by atoms with Gasteiger partial charge in [0.25, 0.3) is 0 Å². The molecule has 0 radical (unpaired) electrons. The molecule has 1 saturated carbocycles. The lowest BCUT2D eigenvalue weighted by Gasteiger charge is -2.53. The van der Waals surface area contributed by atoms with Gasteiger partial charge >= 0.3 is 5.97 Å². The van der Waals surface area contributed by atoms with Crippen LogP contribution in [-0.4, -0.2) is 42.5 Å². The first-order valence-corrected chi connectivity index (χ1v) is 12.0. The van der Waals surface area contributed by atoms with Crippen molar-refractivity contribution >= 4 is 18.0 Å². The number of nitrogens with zero attached hydrogens (tertiary/aromatic N) is 1. The number of aryl methyl sites for hydroxylation is 1. The number of nitrogens with one attached hydrogen (secondary N) is 1. The summed E-state index contributed by atoms with van der Waals surface area (Å²) in [6, 6.07) is 9.90. The van der Waals surface area contributed by atoms with Crippen LogP contribution in [0.15, 0.2) is 59.7 Å². The maximum atomic E-state index is 12.7. The first-order chi connectivity index (χ1) is 16.4. The fourth-order valence-corrected chi connectivity index (χ4v) is 5.71. The number of carbonyl (C=O) groups excluding carboxylic acids is 2. The van der Waals surface area contributed by atoms with Crippen molar-refractivity contribution in [1.29, 1.82) is 0 Å². The number of esters is 1. The Hall–Kier alpha value is -3.12. The van der Waals surface area contributed by atoms with Crippen LogP contribution in [0.25, 0.3) is 6.08 Å². The van der Waals surface area contributed by atoms with E-state index in [1.807, 2.05) is 37.3 Å². The van der Waals surface area contributed by atoms with Crippen LogP contribution >= 0.6 is 0 Å². The highest BCUT2D eigenvalue weighted by atomic mass is 16.5. The number of benzene rings is 1.